The van der Waals surface area contributed by atoms with Gasteiger partial charge in [-0.1, -0.05) is 37.3 Å². The highest BCUT2D eigenvalue weighted by molar-refractivity contribution is 7.17. The first-order valence-electron chi connectivity index (χ1n) is 5.22. The summed E-state index contributed by atoms with van der Waals surface area (Å²) in [6.07, 6.45) is 4.50. The SMILES string of the molecule is CC1C=c2sc3ccccc3c2=CC1N. The second-order valence-corrected chi connectivity index (χ2v) is 5.23. The van der Waals surface area contributed by atoms with Gasteiger partial charge in [0.15, 0.2) is 0 Å². The highest BCUT2D eigenvalue weighted by atomic mass is 32.1. The molecule has 0 aliphatic heterocycles. The van der Waals surface area contributed by atoms with Crippen LogP contribution in [0.4, 0.5) is 0 Å². The lowest BCUT2D eigenvalue weighted by Gasteiger charge is -2.14. The summed E-state index contributed by atoms with van der Waals surface area (Å²) in [7, 11) is 0. The van der Waals surface area contributed by atoms with Crippen molar-refractivity contribution in [3.63, 3.8) is 0 Å². The molecular weight excluding hydrogens is 202 g/mol. The van der Waals surface area contributed by atoms with Crippen LogP contribution in [0, 0.1) is 5.92 Å². The van der Waals surface area contributed by atoms with E-state index in [-0.39, 0.29) is 6.04 Å². The predicted octanol–water partition coefficient (Wildman–Crippen LogP) is 1.44. The fourth-order valence-corrected chi connectivity index (χ4v) is 3.32. The highest BCUT2D eigenvalue weighted by Crippen LogP contribution is 2.15. The summed E-state index contributed by atoms with van der Waals surface area (Å²) in [6, 6.07) is 8.70. The molecule has 2 unspecified atom stereocenters. The zero-order chi connectivity index (χ0) is 10.4. The summed E-state index contributed by atoms with van der Waals surface area (Å²) >= 11 is 1.86. The third-order valence-electron chi connectivity index (χ3n) is 3.04. The average Bonchev–Trinajstić information content (AvgIpc) is 2.57. The molecule has 0 saturated heterocycles. The van der Waals surface area contributed by atoms with Gasteiger partial charge in [0.2, 0.25) is 0 Å². The third kappa shape index (κ3) is 1.33. The lowest BCUT2D eigenvalue weighted by Crippen LogP contribution is -2.36. The van der Waals surface area contributed by atoms with Gasteiger partial charge >= 0.3 is 0 Å². The van der Waals surface area contributed by atoms with E-state index in [4.69, 9.17) is 5.73 Å². The topological polar surface area (TPSA) is 26.0 Å². The summed E-state index contributed by atoms with van der Waals surface area (Å²) in [5.74, 6) is 0.450. The number of benzene rings is 1. The first kappa shape index (κ1) is 9.13. The zero-order valence-corrected chi connectivity index (χ0v) is 9.42. The van der Waals surface area contributed by atoms with Crippen LogP contribution >= 0.6 is 11.3 Å². The maximum absolute atomic E-state index is 6.06. The van der Waals surface area contributed by atoms with Crippen LogP contribution in [-0.2, 0) is 0 Å². The number of rotatable bonds is 0. The summed E-state index contributed by atoms with van der Waals surface area (Å²) in [4.78, 5) is 0. The molecule has 1 heterocycles. The standard InChI is InChI=1S/C13H13NS/c1-8-6-13-10(7-11(8)14)9-4-2-3-5-12(9)15-13/h2-8,11H,14H2,1H3. The van der Waals surface area contributed by atoms with Gasteiger partial charge in [-0.05, 0) is 17.2 Å². The van der Waals surface area contributed by atoms with Crippen LogP contribution < -0.4 is 15.5 Å². The number of hydrogen-bond donors (Lipinski definition) is 1. The fourth-order valence-electron chi connectivity index (χ4n) is 2.07. The summed E-state index contributed by atoms with van der Waals surface area (Å²) < 4.78 is 2.74. The number of thiophene rings is 1. The van der Waals surface area contributed by atoms with Crippen molar-refractivity contribution in [3.8, 4) is 0 Å². The minimum absolute atomic E-state index is 0.163. The van der Waals surface area contributed by atoms with Gasteiger partial charge in [-0.15, -0.1) is 11.3 Å². The second kappa shape index (κ2) is 3.19. The molecule has 1 aromatic carbocycles. The van der Waals surface area contributed by atoms with Gasteiger partial charge in [0.05, 0.1) is 0 Å². The van der Waals surface area contributed by atoms with Crippen molar-refractivity contribution < 1.29 is 0 Å². The Morgan fingerprint density at radius 1 is 1.20 bits per heavy atom. The van der Waals surface area contributed by atoms with Gasteiger partial charge in [-0.25, -0.2) is 0 Å². The van der Waals surface area contributed by atoms with E-state index < -0.39 is 0 Å². The van der Waals surface area contributed by atoms with E-state index in [1.165, 1.54) is 19.8 Å². The van der Waals surface area contributed by atoms with Crippen LogP contribution in [0.3, 0.4) is 0 Å². The molecule has 0 bridgehead atoms. The molecule has 0 spiro atoms. The Kier molecular flexibility index (Phi) is 1.94. The summed E-state index contributed by atoms with van der Waals surface area (Å²) in [6.45, 7) is 2.18. The van der Waals surface area contributed by atoms with Crippen molar-refractivity contribution in [1.82, 2.24) is 0 Å². The van der Waals surface area contributed by atoms with Crippen molar-refractivity contribution in [1.29, 1.82) is 0 Å². The van der Waals surface area contributed by atoms with Gasteiger partial charge in [-0.3, -0.25) is 0 Å². The second-order valence-electron chi connectivity index (χ2n) is 4.15. The molecule has 0 saturated carbocycles. The third-order valence-corrected chi connectivity index (χ3v) is 4.19. The van der Waals surface area contributed by atoms with Crippen LogP contribution in [0.25, 0.3) is 22.2 Å². The van der Waals surface area contributed by atoms with E-state index in [1.807, 2.05) is 11.3 Å². The molecule has 3 rings (SSSR count). The van der Waals surface area contributed by atoms with E-state index in [2.05, 4.69) is 43.3 Å². The Bertz CT molecular complexity index is 624. The van der Waals surface area contributed by atoms with Crippen LogP contribution in [-0.4, -0.2) is 6.04 Å². The van der Waals surface area contributed by atoms with E-state index in [1.54, 1.807) is 0 Å². The van der Waals surface area contributed by atoms with Crippen molar-refractivity contribution >= 4 is 33.6 Å². The lowest BCUT2D eigenvalue weighted by molar-refractivity contribution is 0.682. The molecule has 2 N–H and O–H groups in total. The van der Waals surface area contributed by atoms with Crippen LogP contribution in [0.15, 0.2) is 24.3 Å². The largest absolute Gasteiger partial charge is 0.324 e. The number of hydrogen-bond acceptors (Lipinski definition) is 2. The van der Waals surface area contributed by atoms with E-state index in [0.717, 1.165) is 0 Å². The Hall–Kier alpha value is -1.12. The van der Waals surface area contributed by atoms with E-state index >= 15 is 0 Å². The molecule has 2 heteroatoms. The molecule has 1 nitrogen and oxygen atoms in total. The molecule has 76 valence electrons. The van der Waals surface area contributed by atoms with Crippen molar-refractivity contribution in [3.05, 3.63) is 34.0 Å². The van der Waals surface area contributed by atoms with Gasteiger partial charge in [0.1, 0.15) is 0 Å². The molecule has 0 amide bonds. The first-order chi connectivity index (χ1) is 7.25. The fraction of sp³-hybridized carbons (Fsp3) is 0.231. The molecule has 1 aliphatic rings. The Labute approximate surface area is 92.5 Å². The van der Waals surface area contributed by atoms with E-state index in [9.17, 15) is 0 Å². The molecule has 2 aromatic rings. The average molecular weight is 215 g/mol. The maximum Gasteiger partial charge on any atom is 0.0355 e. The first-order valence-corrected chi connectivity index (χ1v) is 6.04. The maximum atomic E-state index is 6.06. The molecule has 2 atom stereocenters. The summed E-state index contributed by atoms with van der Waals surface area (Å²) in [5.41, 5.74) is 6.06. The minimum Gasteiger partial charge on any atom is -0.324 e. The summed E-state index contributed by atoms with van der Waals surface area (Å²) in [5, 5.41) is 2.68. The molecule has 1 aromatic heterocycles. The van der Waals surface area contributed by atoms with Crippen molar-refractivity contribution in [2.75, 3.05) is 0 Å². The monoisotopic (exact) mass is 215 g/mol. The van der Waals surface area contributed by atoms with Gasteiger partial charge in [0.25, 0.3) is 0 Å². The lowest BCUT2D eigenvalue weighted by atomic mass is 9.97. The van der Waals surface area contributed by atoms with Crippen molar-refractivity contribution in [2.24, 2.45) is 11.7 Å². The zero-order valence-electron chi connectivity index (χ0n) is 8.60. The van der Waals surface area contributed by atoms with Gasteiger partial charge in [0, 0.05) is 20.7 Å². The minimum atomic E-state index is 0.163. The quantitative estimate of drug-likeness (QED) is 0.707. The smallest absolute Gasteiger partial charge is 0.0355 e. The highest BCUT2D eigenvalue weighted by Gasteiger charge is 2.13. The van der Waals surface area contributed by atoms with Gasteiger partial charge in [-0.2, -0.15) is 0 Å². The van der Waals surface area contributed by atoms with Crippen molar-refractivity contribution in [2.45, 2.75) is 13.0 Å². The van der Waals surface area contributed by atoms with Crippen LogP contribution in [0.2, 0.25) is 0 Å². The Morgan fingerprint density at radius 3 is 2.87 bits per heavy atom. The van der Waals surface area contributed by atoms with Gasteiger partial charge < -0.3 is 5.73 Å². The van der Waals surface area contributed by atoms with Crippen LogP contribution in [0.5, 0.6) is 0 Å². The number of nitrogens with two attached hydrogens (primary N) is 1. The Balaban J connectivity index is 2.49. The van der Waals surface area contributed by atoms with Crippen LogP contribution in [0.1, 0.15) is 6.92 Å². The predicted molar refractivity (Wildman–Crippen MR) is 67.1 cm³/mol. The normalized spacial score (nSPS) is 24.4. The molecule has 0 fully saturated rings. The Morgan fingerprint density at radius 2 is 2.00 bits per heavy atom. The molecule has 1 aliphatic carbocycles. The van der Waals surface area contributed by atoms with E-state index in [0.29, 0.717) is 5.92 Å². The molecular formula is C13H13NS. The number of fused-ring (bicyclic) bond motifs is 3. The molecule has 0 radical (unpaired) electrons. The molecule has 15 heavy (non-hydrogen) atoms.